The quantitative estimate of drug-likeness (QED) is 0.618. The zero-order chi connectivity index (χ0) is 7.28. The lowest BCUT2D eigenvalue weighted by atomic mass is 9.98. The maximum atomic E-state index is 9.32. The summed E-state index contributed by atoms with van der Waals surface area (Å²) in [7, 11) is 0. The van der Waals surface area contributed by atoms with Gasteiger partial charge in [-0.1, -0.05) is 33.6 Å². The predicted molar refractivity (Wildman–Crippen MR) is 40.4 cm³/mol. The number of rotatable bonds is 4. The predicted octanol–water partition coefficient (Wildman–Crippen LogP) is 2.19. The van der Waals surface area contributed by atoms with Crippen molar-refractivity contribution in [2.75, 3.05) is 0 Å². The van der Waals surface area contributed by atoms with Gasteiger partial charge < -0.3 is 5.11 Å². The molecule has 0 saturated heterocycles. The third-order valence-electron chi connectivity index (χ3n) is 1.89. The molecule has 1 nitrogen and oxygen atoms in total. The van der Waals surface area contributed by atoms with Gasteiger partial charge in [-0.25, -0.2) is 0 Å². The highest BCUT2D eigenvalue weighted by molar-refractivity contribution is 4.61. The molecule has 0 saturated carbocycles. The van der Waals surface area contributed by atoms with Crippen molar-refractivity contribution in [1.82, 2.24) is 0 Å². The van der Waals surface area contributed by atoms with E-state index in [1.54, 1.807) is 0 Å². The van der Waals surface area contributed by atoms with E-state index >= 15 is 0 Å². The fourth-order valence-corrected chi connectivity index (χ4v) is 0.852. The topological polar surface area (TPSA) is 20.2 Å². The van der Waals surface area contributed by atoms with Crippen LogP contribution in [0, 0.1) is 5.92 Å². The Balaban J connectivity index is 3.32. The first kappa shape index (κ1) is 8.96. The summed E-state index contributed by atoms with van der Waals surface area (Å²) in [5.41, 5.74) is 0. The second-order valence-corrected chi connectivity index (χ2v) is 2.74. The molecule has 1 N–H and O–H groups in total. The Kier molecular flexibility index (Phi) is 4.78. The highest BCUT2D eigenvalue weighted by atomic mass is 16.3. The van der Waals surface area contributed by atoms with Crippen molar-refractivity contribution >= 4 is 0 Å². The average Bonchev–Trinajstić information content (AvgIpc) is 1.87. The summed E-state index contributed by atoms with van der Waals surface area (Å²) in [5.74, 6) is 0.477. The van der Waals surface area contributed by atoms with Gasteiger partial charge in [0.05, 0.1) is 6.10 Å². The van der Waals surface area contributed by atoms with E-state index in [1.807, 2.05) is 0 Å². The van der Waals surface area contributed by atoms with E-state index < -0.39 is 0 Å². The van der Waals surface area contributed by atoms with Gasteiger partial charge in [-0.15, -0.1) is 0 Å². The number of hydrogen-bond donors (Lipinski definition) is 1. The largest absolute Gasteiger partial charge is 0.393 e. The lowest BCUT2D eigenvalue weighted by Gasteiger charge is -2.15. The molecule has 0 spiro atoms. The van der Waals surface area contributed by atoms with Gasteiger partial charge in [0.15, 0.2) is 0 Å². The Morgan fingerprint density at radius 3 is 2.22 bits per heavy atom. The zero-order valence-corrected chi connectivity index (χ0v) is 6.72. The van der Waals surface area contributed by atoms with Crippen molar-refractivity contribution in [2.45, 2.75) is 46.1 Å². The van der Waals surface area contributed by atoms with Crippen molar-refractivity contribution < 1.29 is 5.11 Å². The molecule has 1 heteroatoms. The van der Waals surface area contributed by atoms with Crippen LogP contribution >= 0.6 is 0 Å². The molecule has 0 amide bonds. The van der Waals surface area contributed by atoms with Crippen LogP contribution in [0.1, 0.15) is 40.0 Å². The molecular weight excluding hydrogens is 112 g/mol. The van der Waals surface area contributed by atoms with Crippen LogP contribution < -0.4 is 0 Å². The van der Waals surface area contributed by atoms with Crippen molar-refractivity contribution in [3.8, 4) is 0 Å². The van der Waals surface area contributed by atoms with Gasteiger partial charge in [-0.3, -0.25) is 0 Å². The first-order valence-electron chi connectivity index (χ1n) is 3.90. The van der Waals surface area contributed by atoms with E-state index in [4.69, 9.17) is 0 Å². The van der Waals surface area contributed by atoms with Crippen LogP contribution in [-0.2, 0) is 0 Å². The Hall–Kier alpha value is -0.0400. The Labute approximate surface area is 58.1 Å². The Morgan fingerprint density at radius 1 is 1.33 bits per heavy atom. The molecule has 0 rings (SSSR count). The van der Waals surface area contributed by atoms with E-state index in [9.17, 15) is 5.11 Å². The minimum atomic E-state index is -0.0694. The summed E-state index contributed by atoms with van der Waals surface area (Å²) < 4.78 is 0. The summed E-state index contributed by atoms with van der Waals surface area (Å²) in [5, 5.41) is 9.32. The molecule has 0 bridgehead atoms. The summed E-state index contributed by atoms with van der Waals surface area (Å²) in [4.78, 5) is 0. The van der Waals surface area contributed by atoms with Crippen molar-refractivity contribution in [1.29, 1.82) is 0 Å². The molecule has 0 aromatic heterocycles. The van der Waals surface area contributed by atoms with E-state index in [2.05, 4.69) is 20.8 Å². The molecular formula is C8H18O. The number of aliphatic hydroxyl groups excluding tert-OH is 1. The fraction of sp³-hybridized carbons (Fsp3) is 1.00. The highest BCUT2D eigenvalue weighted by Crippen LogP contribution is 2.11. The first-order chi connectivity index (χ1) is 4.22. The summed E-state index contributed by atoms with van der Waals surface area (Å²) in [6.07, 6.45) is 3.06. The van der Waals surface area contributed by atoms with Crippen LogP contribution in [-0.4, -0.2) is 11.2 Å². The second-order valence-electron chi connectivity index (χ2n) is 2.74. The van der Waals surface area contributed by atoms with Gasteiger partial charge in [0.2, 0.25) is 0 Å². The molecule has 0 aromatic rings. The van der Waals surface area contributed by atoms with Crippen LogP contribution in [0.4, 0.5) is 0 Å². The normalized spacial score (nSPS) is 17.3. The minimum absolute atomic E-state index is 0.0694. The van der Waals surface area contributed by atoms with Gasteiger partial charge in [0.25, 0.3) is 0 Å². The summed E-state index contributed by atoms with van der Waals surface area (Å²) in [6.45, 7) is 6.31. The SMILES string of the molecule is CCCC(O)[C@H](C)CC. The third kappa shape index (κ3) is 3.52. The van der Waals surface area contributed by atoms with E-state index in [1.165, 1.54) is 0 Å². The van der Waals surface area contributed by atoms with Crippen LogP contribution in [0.5, 0.6) is 0 Å². The van der Waals surface area contributed by atoms with Crippen molar-refractivity contribution in [3.63, 3.8) is 0 Å². The molecule has 0 aromatic carbocycles. The van der Waals surface area contributed by atoms with Crippen LogP contribution in [0.2, 0.25) is 0 Å². The molecule has 2 atom stereocenters. The fourth-order valence-electron chi connectivity index (χ4n) is 0.852. The Bertz CT molecular complexity index is 61.6. The second kappa shape index (κ2) is 4.80. The molecule has 1 unspecified atom stereocenters. The van der Waals surface area contributed by atoms with Crippen molar-refractivity contribution in [2.24, 2.45) is 5.92 Å². The van der Waals surface area contributed by atoms with Crippen molar-refractivity contribution in [3.05, 3.63) is 0 Å². The smallest absolute Gasteiger partial charge is 0.0565 e. The molecule has 0 fully saturated rings. The van der Waals surface area contributed by atoms with Gasteiger partial charge in [-0.05, 0) is 12.3 Å². The van der Waals surface area contributed by atoms with Crippen LogP contribution in [0.25, 0.3) is 0 Å². The van der Waals surface area contributed by atoms with Crippen LogP contribution in [0.15, 0.2) is 0 Å². The lowest BCUT2D eigenvalue weighted by molar-refractivity contribution is 0.105. The highest BCUT2D eigenvalue weighted by Gasteiger charge is 2.09. The van der Waals surface area contributed by atoms with Gasteiger partial charge in [-0.2, -0.15) is 0 Å². The van der Waals surface area contributed by atoms with Gasteiger partial charge in [0, 0.05) is 0 Å². The summed E-state index contributed by atoms with van der Waals surface area (Å²) >= 11 is 0. The molecule has 9 heavy (non-hydrogen) atoms. The van der Waals surface area contributed by atoms with E-state index in [-0.39, 0.29) is 6.10 Å². The number of hydrogen-bond acceptors (Lipinski definition) is 1. The average molecular weight is 130 g/mol. The molecule has 56 valence electrons. The third-order valence-corrected chi connectivity index (χ3v) is 1.89. The maximum Gasteiger partial charge on any atom is 0.0565 e. The van der Waals surface area contributed by atoms with Crippen LogP contribution in [0.3, 0.4) is 0 Å². The Morgan fingerprint density at radius 2 is 1.89 bits per heavy atom. The molecule has 0 aliphatic heterocycles. The zero-order valence-electron chi connectivity index (χ0n) is 6.72. The molecule has 0 heterocycles. The molecule has 0 radical (unpaired) electrons. The van der Waals surface area contributed by atoms with E-state index in [0.29, 0.717) is 5.92 Å². The van der Waals surface area contributed by atoms with Gasteiger partial charge in [0.1, 0.15) is 0 Å². The number of aliphatic hydroxyl groups is 1. The lowest BCUT2D eigenvalue weighted by Crippen LogP contribution is -2.15. The first-order valence-corrected chi connectivity index (χ1v) is 3.90. The molecule has 0 aliphatic carbocycles. The molecule has 0 aliphatic rings. The minimum Gasteiger partial charge on any atom is -0.393 e. The monoisotopic (exact) mass is 130 g/mol. The van der Waals surface area contributed by atoms with Gasteiger partial charge >= 0.3 is 0 Å². The maximum absolute atomic E-state index is 9.32. The standard InChI is InChI=1S/C8H18O/c1-4-6-8(9)7(3)5-2/h7-9H,4-6H2,1-3H3/t7-,8?/m1/s1. The van der Waals surface area contributed by atoms with E-state index in [0.717, 1.165) is 19.3 Å². The summed E-state index contributed by atoms with van der Waals surface area (Å²) in [6, 6.07) is 0.